The first-order valence-electron chi connectivity index (χ1n) is 4.82. The minimum atomic E-state index is 0.584. The van der Waals surface area contributed by atoms with Crippen LogP contribution in [0.15, 0.2) is 41.0 Å². The van der Waals surface area contributed by atoms with Crippen LogP contribution in [0.2, 0.25) is 0 Å². The lowest BCUT2D eigenvalue weighted by atomic mass is 10.2. The Balaban J connectivity index is 2.41. The zero-order valence-electron chi connectivity index (χ0n) is 8.78. The number of methoxy groups -OCH3 is 1. The number of allylic oxidation sites excluding steroid dienone is 1. The lowest BCUT2D eigenvalue weighted by Crippen LogP contribution is -1.95. The van der Waals surface area contributed by atoms with Gasteiger partial charge in [-0.25, -0.2) is 0 Å². The molecular weight excluding hydrogens is 245 g/mol. The monoisotopic (exact) mass is 255 g/mol. The van der Waals surface area contributed by atoms with Gasteiger partial charge >= 0.3 is 0 Å². The van der Waals surface area contributed by atoms with Gasteiger partial charge in [-0.2, -0.15) is 0 Å². The molecule has 0 amide bonds. The van der Waals surface area contributed by atoms with Crippen LogP contribution in [-0.2, 0) is 6.54 Å². The number of ether oxygens (including phenoxy) is 1. The second-order valence-electron chi connectivity index (χ2n) is 3.42. The highest BCUT2D eigenvalue weighted by Gasteiger charge is 2.03. The topological polar surface area (TPSA) is 14.2 Å². The number of benzene rings is 1. The molecule has 2 nitrogen and oxygen atoms in total. The molecule has 0 unspecified atom stereocenters. The lowest BCUT2D eigenvalue weighted by Gasteiger charge is -2.04. The van der Waals surface area contributed by atoms with E-state index in [-0.39, 0.29) is 0 Å². The molecule has 0 aliphatic rings. The van der Waals surface area contributed by atoms with Crippen molar-refractivity contribution >= 4 is 34.1 Å². The van der Waals surface area contributed by atoms with Crippen molar-refractivity contribution in [1.82, 2.24) is 4.57 Å². The molecule has 0 aliphatic carbocycles. The van der Waals surface area contributed by atoms with Crippen LogP contribution < -0.4 is 4.74 Å². The van der Waals surface area contributed by atoms with Gasteiger partial charge in [0.25, 0.3) is 0 Å². The van der Waals surface area contributed by atoms with Gasteiger partial charge in [-0.05, 0) is 24.3 Å². The molecule has 4 heteroatoms. The maximum atomic E-state index is 5.90. The maximum Gasteiger partial charge on any atom is 0.119 e. The van der Waals surface area contributed by atoms with Crippen LogP contribution in [0.25, 0.3) is 10.9 Å². The highest BCUT2D eigenvalue weighted by atomic mass is 35.5. The maximum absolute atomic E-state index is 5.90. The van der Waals surface area contributed by atoms with Crippen molar-refractivity contribution in [3.63, 3.8) is 0 Å². The quantitative estimate of drug-likeness (QED) is 0.810. The highest BCUT2D eigenvalue weighted by Crippen LogP contribution is 2.23. The van der Waals surface area contributed by atoms with Crippen molar-refractivity contribution in [3.05, 3.63) is 41.0 Å². The van der Waals surface area contributed by atoms with Gasteiger partial charge < -0.3 is 9.30 Å². The van der Waals surface area contributed by atoms with Gasteiger partial charge in [-0.1, -0.05) is 23.2 Å². The largest absolute Gasteiger partial charge is 0.497 e. The molecule has 2 aromatic rings. The first-order chi connectivity index (χ1) is 7.74. The summed E-state index contributed by atoms with van der Waals surface area (Å²) in [5.41, 5.74) is 2.49. The van der Waals surface area contributed by atoms with E-state index >= 15 is 0 Å². The Bertz CT molecular complexity index is 531. The smallest absolute Gasteiger partial charge is 0.119 e. The van der Waals surface area contributed by atoms with Gasteiger partial charge in [0.2, 0.25) is 0 Å². The molecule has 1 aromatic heterocycles. The number of nitrogens with zero attached hydrogens (tertiary/aromatic N) is 1. The Morgan fingerprint density at radius 1 is 1.44 bits per heavy atom. The summed E-state index contributed by atoms with van der Waals surface area (Å²) in [4.78, 5) is 0. The Hall–Kier alpha value is -1.12. The van der Waals surface area contributed by atoms with Gasteiger partial charge in [0.15, 0.2) is 0 Å². The second kappa shape index (κ2) is 4.81. The summed E-state index contributed by atoms with van der Waals surface area (Å²) in [6, 6.07) is 7.95. The average molecular weight is 256 g/mol. The summed E-state index contributed by atoms with van der Waals surface area (Å²) in [6.07, 6.45) is 1.98. The van der Waals surface area contributed by atoms with Crippen LogP contribution in [0, 0.1) is 0 Å². The van der Waals surface area contributed by atoms with Crippen LogP contribution in [0.3, 0.4) is 0 Å². The third kappa shape index (κ3) is 2.18. The summed E-state index contributed by atoms with van der Waals surface area (Å²) in [6.45, 7) is 0.584. The van der Waals surface area contributed by atoms with Crippen LogP contribution in [-0.4, -0.2) is 11.7 Å². The molecule has 0 N–H and O–H groups in total. The molecular formula is C12H11Cl2NO. The molecule has 0 atom stereocenters. The van der Waals surface area contributed by atoms with Crippen molar-refractivity contribution < 1.29 is 4.74 Å². The van der Waals surface area contributed by atoms with Crippen molar-refractivity contribution in [2.45, 2.75) is 6.54 Å². The fraction of sp³-hybridized carbons (Fsp3) is 0.167. The lowest BCUT2D eigenvalue weighted by molar-refractivity contribution is 0.415. The van der Waals surface area contributed by atoms with E-state index in [1.165, 1.54) is 5.54 Å². The zero-order chi connectivity index (χ0) is 11.5. The number of hydrogen-bond donors (Lipinski definition) is 0. The first kappa shape index (κ1) is 11.4. The van der Waals surface area contributed by atoms with Crippen LogP contribution in [0.5, 0.6) is 5.75 Å². The van der Waals surface area contributed by atoms with E-state index in [0.717, 1.165) is 16.7 Å². The number of hydrogen-bond acceptors (Lipinski definition) is 1. The van der Waals surface area contributed by atoms with Crippen LogP contribution in [0.1, 0.15) is 0 Å². The van der Waals surface area contributed by atoms with Gasteiger partial charge in [0.1, 0.15) is 5.75 Å². The number of aromatic nitrogens is 1. The second-order valence-corrected chi connectivity index (χ2v) is 4.13. The normalized spacial score (nSPS) is 12.1. The third-order valence-electron chi connectivity index (χ3n) is 2.42. The Labute approximate surface area is 104 Å². The van der Waals surface area contributed by atoms with Crippen molar-refractivity contribution in [3.8, 4) is 5.75 Å². The summed E-state index contributed by atoms with van der Waals surface area (Å²) in [5, 5.41) is 1.73. The SMILES string of the molecule is COc1ccc2c(ccn2C/C(Cl)=C/Cl)c1. The highest BCUT2D eigenvalue weighted by molar-refractivity contribution is 6.36. The van der Waals surface area contributed by atoms with E-state index in [4.69, 9.17) is 27.9 Å². The molecule has 0 bridgehead atoms. The first-order valence-corrected chi connectivity index (χ1v) is 5.63. The Kier molecular flexibility index (Phi) is 3.42. The Morgan fingerprint density at radius 3 is 2.94 bits per heavy atom. The fourth-order valence-corrected chi connectivity index (χ4v) is 1.84. The van der Waals surface area contributed by atoms with E-state index < -0.39 is 0 Å². The molecule has 0 saturated heterocycles. The van der Waals surface area contributed by atoms with E-state index in [0.29, 0.717) is 11.6 Å². The molecule has 84 valence electrons. The third-order valence-corrected chi connectivity index (χ3v) is 3.02. The number of fused-ring (bicyclic) bond motifs is 1. The van der Waals surface area contributed by atoms with E-state index in [1.54, 1.807) is 7.11 Å². The predicted molar refractivity (Wildman–Crippen MR) is 68.3 cm³/mol. The zero-order valence-corrected chi connectivity index (χ0v) is 10.3. The molecule has 2 rings (SSSR count). The minimum Gasteiger partial charge on any atom is -0.497 e. The number of rotatable bonds is 3. The molecule has 16 heavy (non-hydrogen) atoms. The molecule has 1 heterocycles. The van der Waals surface area contributed by atoms with Crippen LogP contribution >= 0.6 is 23.2 Å². The summed E-state index contributed by atoms with van der Waals surface area (Å²) in [5.74, 6) is 0.851. The van der Waals surface area contributed by atoms with E-state index in [2.05, 4.69) is 0 Å². The average Bonchev–Trinajstić information content (AvgIpc) is 2.71. The molecule has 0 aliphatic heterocycles. The molecule has 0 saturated carbocycles. The van der Waals surface area contributed by atoms with Crippen molar-refractivity contribution in [2.24, 2.45) is 0 Å². The van der Waals surface area contributed by atoms with Gasteiger partial charge in [0.05, 0.1) is 13.7 Å². The Morgan fingerprint density at radius 2 is 2.25 bits per heavy atom. The van der Waals surface area contributed by atoms with Gasteiger partial charge in [0, 0.05) is 27.7 Å². The minimum absolute atomic E-state index is 0.584. The van der Waals surface area contributed by atoms with Crippen molar-refractivity contribution in [1.29, 1.82) is 0 Å². The molecule has 0 fully saturated rings. The van der Waals surface area contributed by atoms with Crippen LogP contribution in [0.4, 0.5) is 0 Å². The van der Waals surface area contributed by atoms with Crippen molar-refractivity contribution in [2.75, 3.05) is 7.11 Å². The number of halogens is 2. The van der Waals surface area contributed by atoms with Gasteiger partial charge in [-0.3, -0.25) is 0 Å². The standard InChI is InChI=1S/C12H11Cl2NO/c1-16-11-2-3-12-9(6-11)4-5-15(12)8-10(14)7-13/h2-7H,8H2,1H3/b10-7-. The summed E-state index contributed by atoms with van der Waals surface area (Å²) >= 11 is 11.4. The molecule has 0 spiro atoms. The summed E-state index contributed by atoms with van der Waals surface area (Å²) in [7, 11) is 1.66. The van der Waals surface area contributed by atoms with E-state index in [1.807, 2.05) is 35.0 Å². The molecule has 0 radical (unpaired) electrons. The van der Waals surface area contributed by atoms with E-state index in [9.17, 15) is 0 Å². The fourth-order valence-electron chi connectivity index (χ4n) is 1.64. The predicted octanol–water partition coefficient (Wildman–Crippen LogP) is 3.97. The van der Waals surface area contributed by atoms with Gasteiger partial charge in [-0.15, -0.1) is 0 Å². The summed E-state index contributed by atoms with van der Waals surface area (Å²) < 4.78 is 7.20. The molecule has 1 aromatic carbocycles.